The van der Waals surface area contributed by atoms with Crippen LogP contribution in [0.25, 0.3) is 0 Å². The Kier molecular flexibility index (Phi) is 4.83. The van der Waals surface area contributed by atoms with Crippen molar-refractivity contribution in [2.24, 2.45) is 9.50 Å². The van der Waals surface area contributed by atoms with Gasteiger partial charge in [0.2, 0.25) is 0 Å². The van der Waals surface area contributed by atoms with Crippen molar-refractivity contribution in [3.05, 3.63) is 64.7 Å². The molecule has 0 spiro atoms. The maximum absolute atomic E-state index is 12.2. The molecule has 1 heterocycles. The molecule has 0 fully saturated rings. The van der Waals surface area contributed by atoms with E-state index in [0.717, 1.165) is 0 Å². The molecule has 0 saturated heterocycles. The minimum Gasteiger partial charge on any atom is -0.246 e. The second kappa shape index (κ2) is 7.05. The van der Waals surface area contributed by atoms with Crippen molar-refractivity contribution >= 4 is 33.7 Å². The second-order valence-corrected chi connectivity index (χ2v) is 7.16. The molecule has 0 saturated carbocycles. The van der Waals surface area contributed by atoms with Gasteiger partial charge >= 0.3 is 0 Å². The fourth-order valence-corrected chi connectivity index (χ4v) is 3.75. The summed E-state index contributed by atoms with van der Waals surface area (Å²) in [6.45, 7) is 0.208. The van der Waals surface area contributed by atoms with Crippen molar-refractivity contribution in [3.8, 4) is 6.07 Å². The maximum atomic E-state index is 12.2. The molecule has 6 nitrogen and oxygen atoms in total. The molecule has 0 unspecified atom stereocenters. The molecule has 1 aliphatic rings. The van der Waals surface area contributed by atoms with Crippen LogP contribution in [0.4, 0.5) is 0 Å². The Bertz CT molecular complexity index is 1010. The first-order chi connectivity index (χ1) is 12.0. The van der Waals surface area contributed by atoms with Gasteiger partial charge in [-0.3, -0.25) is 0 Å². The van der Waals surface area contributed by atoms with Gasteiger partial charge in [0.1, 0.15) is 4.90 Å². The van der Waals surface area contributed by atoms with E-state index in [1.807, 2.05) is 12.1 Å². The van der Waals surface area contributed by atoms with Crippen molar-refractivity contribution in [3.63, 3.8) is 0 Å². The van der Waals surface area contributed by atoms with Crippen LogP contribution in [-0.4, -0.2) is 32.0 Å². The lowest BCUT2D eigenvalue weighted by molar-refractivity contribution is 0.459. The average molecular weight is 373 g/mol. The van der Waals surface area contributed by atoms with Crippen molar-refractivity contribution in [2.45, 2.75) is 11.3 Å². The van der Waals surface area contributed by atoms with Crippen molar-refractivity contribution in [1.29, 1.82) is 5.26 Å². The number of halogens is 1. The van der Waals surface area contributed by atoms with Gasteiger partial charge in [0, 0.05) is 16.1 Å². The highest BCUT2D eigenvalue weighted by molar-refractivity contribution is 7.90. The molecular weight excluding hydrogens is 360 g/mol. The molecule has 0 aromatic heterocycles. The molecule has 2 aromatic rings. The maximum Gasteiger partial charge on any atom is 0.285 e. The molecule has 0 N–H and O–H groups in total. The number of amidine groups is 1. The van der Waals surface area contributed by atoms with Gasteiger partial charge in [-0.25, -0.2) is 5.01 Å². The summed E-state index contributed by atoms with van der Waals surface area (Å²) in [5.74, 6) is 0.203. The first kappa shape index (κ1) is 17.1. The first-order valence-electron chi connectivity index (χ1n) is 7.40. The zero-order valence-electron chi connectivity index (χ0n) is 13.0. The van der Waals surface area contributed by atoms with E-state index in [2.05, 4.69) is 9.50 Å². The fourth-order valence-electron chi connectivity index (χ4n) is 2.36. The van der Waals surface area contributed by atoms with Crippen LogP contribution in [0.1, 0.15) is 17.5 Å². The number of nitriles is 1. The number of benzene rings is 2. The summed E-state index contributed by atoms with van der Waals surface area (Å²) >= 11 is 6.11. The van der Waals surface area contributed by atoms with Crippen molar-refractivity contribution in [2.75, 3.05) is 6.54 Å². The monoisotopic (exact) mass is 372 g/mol. The van der Waals surface area contributed by atoms with Gasteiger partial charge in [0.15, 0.2) is 5.84 Å². The Labute approximate surface area is 150 Å². The standard InChI is InChI=1S/C17H13ClN4O2S/c18-15-8-3-1-6-13(15)12-20-22(11-5-10-19)17-14-7-2-4-9-16(14)25(23,24)21-17/h1-4,6-9,12H,5,11H2/b20-12-. The number of rotatable bonds is 4. The quantitative estimate of drug-likeness (QED) is 0.609. The van der Waals surface area contributed by atoms with Crippen LogP contribution in [0.3, 0.4) is 0 Å². The lowest BCUT2D eigenvalue weighted by atomic mass is 10.2. The largest absolute Gasteiger partial charge is 0.285 e. The van der Waals surface area contributed by atoms with Gasteiger partial charge in [-0.15, -0.1) is 4.40 Å². The topological polar surface area (TPSA) is 85.9 Å². The van der Waals surface area contributed by atoms with E-state index >= 15 is 0 Å². The fraction of sp³-hybridized carbons (Fsp3) is 0.118. The van der Waals surface area contributed by atoms with E-state index in [0.29, 0.717) is 16.1 Å². The predicted molar refractivity (Wildman–Crippen MR) is 96.1 cm³/mol. The minimum absolute atomic E-state index is 0.139. The second-order valence-electron chi connectivity index (χ2n) is 5.18. The molecule has 25 heavy (non-hydrogen) atoms. The van der Waals surface area contributed by atoms with Crippen molar-refractivity contribution < 1.29 is 8.42 Å². The summed E-state index contributed by atoms with van der Waals surface area (Å²) < 4.78 is 28.3. The molecule has 0 amide bonds. The highest BCUT2D eigenvalue weighted by Crippen LogP contribution is 2.27. The summed E-state index contributed by atoms with van der Waals surface area (Å²) in [4.78, 5) is 0.139. The SMILES string of the molecule is N#CCCN(/N=C\c1ccccc1Cl)C1=NS(=O)(=O)c2ccccc21. The third-order valence-corrected chi connectivity index (χ3v) is 5.20. The zero-order chi connectivity index (χ0) is 17.9. The first-order valence-corrected chi connectivity index (χ1v) is 9.22. The lowest BCUT2D eigenvalue weighted by Crippen LogP contribution is -2.27. The Morgan fingerprint density at radius 3 is 2.68 bits per heavy atom. The molecule has 126 valence electrons. The van der Waals surface area contributed by atoms with E-state index < -0.39 is 10.0 Å². The summed E-state index contributed by atoms with van der Waals surface area (Å²) in [5, 5.41) is 15.1. The van der Waals surface area contributed by atoms with Crippen molar-refractivity contribution in [1.82, 2.24) is 5.01 Å². The predicted octanol–water partition coefficient (Wildman–Crippen LogP) is 3.04. The van der Waals surface area contributed by atoms with E-state index in [-0.39, 0.29) is 23.7 Å². The van der Waals surface area contributed by atoms with Crippen LogP contribution in [-0.2, 0) is 10.0 Å². The highest BCUT2D eigenvalue weighted by Gasteiger charge is 2.31. The molecule has 0 atom stereocenters. The number of nitrogens with zero attached hydrogens (tertiary/aromatic N) is 4. The number of hydrogen-bond acceptors (Lipinski definition) is 5. The summed E-state index contributed by atoms with van der Waals surface area (Å²) in [6, 6.07) is 15.7. The smallest absolute Gasteiger partial charge is 0.246 e. The molecule has 0 bridgehead atoms. The Balaban J connectivity index is 2.00. The Hall–Kier alpha value is -2.69. The van der Waals surface area contributed by atoms with Crippen LogP contribution in [0.15, 0.2) is 62.9 Å². The minimum atomic E-state index is -3.75. The van der Waals surface area contributed by atoms with E-state index in [1.54, 1.807) is 36.4 Å². The van der Waals surface area contributed by atoms with E-state index in [1.165, 1.54) is 17.3 Å². The number of sulfonamides is 1. The Morgan fingerprint density at radius 2 is 1.92 bits per heavy atom. The van der Waals surface area contributed by atoms with Gasteiger partial charge in [-0.2, -0.15) is 18.8 Å². The summed E-state index contributed by atoms with van der Waals surface area (Å²) in [5.41, 5.74) is 1.15. The van der Waals surface area contributed by atoms with Gasteiger partial charge in [-0.1, -0.05) is 41.9 Å². The third kappa shape index (κ3) is 3.55. The third-order valence-electron chi connectivity index (χ3n) is 3.53. The molecule has 0 aliphatic carbocycles. The zero-order valence-corrected chi connectivity index (χ0v) is 14.6. The summed E-state index contributed by atoms with van der Waals surface area (Å²) in [7, 11) is -3.75. The molecule has 8 heteroatoms. The van der Waals surface area contributed by atoms with Crippen LogP contribution < -0.4 is 0 Å². The molecular formula is C17H13ClN4O2S. The molecule has 0 radical (unpaired) electrons. The van der Waals surface area contributed by atoms with Gasteiger partial charge in [0.05, 0.1) is 25.2 Å². The van der Waals surface area contributed by atoms with Gasteiger partial charge in [0.25, 0.3) is 10.0 Å². The van der Waals surface area contributed by atoms with Crippen LogP contribution in [0.2, 0.25) is 5.02 Å². The normalized spacial score (nSPS) is 14.8. The lowest BCUT2D eigenvalue weighted by Gasteiger charge is -2.17. The van der Waals surface area contributed by atoms with Crippen LogP contribution in [0, 0.1) is 11.3 Å². The van der Waals surface area contributed by atoms with Gasteiger partial charge in [-0.05, 0) is 18.2 Å². The molecule has 3 rings (SSSR count). The van der Waals surface area contributed by atoms with E-state index in [4.69, 9.17) is 16.9 Å². The van der Waals surface area contributed by atoms with Crippen LogP contribution >= 0.6 is 11.6 Å². The molecule has 2 aromatic carbocycles. The summed E-state index contributed by atoms with van der Waals surface area (Å²) in [6.07, 6.45) is 1.69. The average Bonchev–Trinajstić information content (AvgIpc) is 2.88. The van der Waals surface area contributed by atoms with Crippen LogP contribution in [0.5, 0.6) is 0 Å². The number of fused-ring (bicyclic) bond motifs is 1. The highest BCUT2D eigenvalue weighted by atomic mass is 35.5. The Morgan fingerprint density at radius 1 is 1.20 bits per heavy atom. The van der Waals surface area contributed by atoms with Gasteiger partial charge < -0.3 is 0 Å². The number of hydrazone groups is 1. The number of hydrogen-bond donors (Lipinski definition) is 0. The molecule has 1 aliphatic heterocycles. The van der Waals surface area contributed by atoms with E-state index in [9.17, 15) is 8.42 Å².